The van der Waals surface area contributed by atoms with Crippen LogP contribution in [0.5, 0.6) is 0 Å². The van der Waals surface area contributed by atoms with Crippen LogP contribution in [-0.4, -0.2) is 23.3 Å². The molecule has 1 unspecified atom stereocenters. The quantitative estimate of drug-likeness (QED) is 0.489. The molecule has 0 amide bonds. The highest BCUT2D eigenvalue weighted by atomic mass is 19.4. The maximum absolute atomic E-state index is 11.7. The highest BCUT2D eigenvalue weighted by Crippen LogP contribution is 2.34. The molecule has 0 radical (unpaired) electrons. The fourth-order valence-electron chi connectivity index (χ4n) is 0.440. The smallest absolute Gasteiger partial charge is 0.365 e. The van der Waals surface area contributed by atoms with E-state index in [0.717, 1.165) is 12.8 Å². The second kappa shape index (κ2) is 3.27. The SMILES string of the molecule is CC#CC(O)(C(F)F)C(F)(F)F. The number of aliphatic hydroxyl groups is 1. The minimum absolute atomic E-state index is 0.930. The van der Waals surface area contributed by atoms with Gasteiger partial charge >= 0.3 is 6.18 Å². The van der Waals surface area contributed by atoms with Gasteiger partial charge < -0.3 is 5.11 Å². The molecule has 0 aliphatic heterocycles. The van der Waals surface area contributed by atoms with Gasteiger partial charge in [-0.25, -0.2) is 8.78 Å². The molecule has 0 spiro atoms. The molecule has 0 aromatic heterocycles. The molecule has 1 N–H and O–H groups in total. The van der Waals surface area contributed by atoms with Crippen LogP contribution in [0.1, 0.15) is 6.92 Å². The van der Waals surface area contributed by atoms with Crippen LogP contribution in [-0.2, 0) is 0 Å². The van der Waals surface area contributed by atoms with Gasteiger partial charge in [0.15, 0.2) is 0 Å². The fraction of sp³-hybridized carbons (Fsp3) is 0.667. The van der Waals surface area contributed by atoms with Crippen LogP contribution >= 0.6 is 0 Å². The molecule has 0 aromatic rings. The number of halogens is 5. The number of hydrogen-bond acceptors (Lipinski definition) is 1. The Morgan fingerprint density at radius 2 is 1.67 bits per heavy atom. The lowest BCUT2D eigenvalue weighted by atomic mass is 10.1. The summed E-state index contributed by atoms with van der Waals surface area (Å²) in [6, 6.07) is 0. The van der Waals surface area contributed by atoms with E-state index < -0.39 is 18.2 Å². The molecule has 0 bridgehead atoms. The molecular formula is C6H5F5O. The molecule has 6 heteroatoms. The first-order valence-corrected chi connectivity index (χ1v) is 2.77. The summed E-state index contributed by atoms with van der Waals surface area (Å²) in [5.41, 5.74) is -4.21. The van der Waals surface area contributed by atoms with E-state index in [1.54, 1.807) is 5.92 Å². The average Bonchev–Trinajstić information content (AvgIpc) is 1.85. The van der Waals surface area contributed by atoms with Crippen LogP contribution in [0.15, 0.2) is 0 Å². The summed E-state index contributed by atoms with van der Waals surface area (Å²) >= 11 is 0. The minimum Gasteiger partial charge on any atom is -0.365 e. The zero-order valence-electron chi connectivity index (χ0n) is 5.91. The van der Waals surface area contributed by atoms with Crippen molar-refractivity contribution in [2.75, 3.05) is 0 Å². The molecule has 0 aromatic carbocycles. The third-order valence-corrected chi connectivity index (χ3v) is 1.06. The predicted octanol–water partition coefficient (Wildman–Crippen LogP) is 1.57. The monoisotopic (exact) mass is 188 g/mol. The molecule has 1 atom stereocenters. The molecule has 0 aliphatic rings. The van der Waals surface area contributed by atoms with Gasteiger partial charge in [0, 0.05) is 0 Å². The molecule has 0 rings (SSSR count). The van der Waals surface area contributed by atoms with Crippen molar-refractivity contribution in [2.24, 2.45) is 0 Å². The van der Waals surface area contributed by atoms with Crippen molar-refractivity contribution in [3.8, 4) is 11.8 Å². The Morgan fingerprint density at radius 1 is 1.25 bits per heavy atom. The maximum Gasteiger partial charge on any atom is 0.434 e. The largest absolute Gasteiger partial charge is 0.434 e. The summed E-state index contributed by atoms with van der Waals surface area (Å²) in [5, 5.41) is 8.38. The zero-order chi connectivity index (χ0) is 9.99. The second-order valence-electron chi connectivity index (χ2n) is 1.94. The average molecular weight is 188 g/mol. The van der Waals surface area contributed by atoms with E-state index in [0.29, 0.717) is 0 Å². The first-order valence-electron chi connectivity index (χ1n) is 2.77. The highest BCUT2D eigenvalue weighted by Gasteiger charge is 2.59. The van der Waals surface area contributed by atoms with Crippen LogP contribution in [0, 0.1) is 11.8 Å². The first kappa shape index (κ1) is 11.2. The number of rotatable bonds is 1. The van der Waals surface area contributed by atoms with Crippen molar-refractivity contribution in [2.45, 2.75) is 25.1 Å². The van der Waals surface area contributed by atoms with Crippen molar-refractivity contribution >= 4 is 0 Å². The van der Waals surface area contributed by atoms with Gasteiger partial charge in [-0.15, -0.1) is 5.92 Å². The highest BCUT2D eigenvalue weighted by molar-refractivity contribution is 5.17. The van der Waals surface area contributed by atoms with Crippen LogP contribution < -0.4 is 0 Å². The number of alkyl halides is 5. The lowest BCUT2D eigenvalue weighted by Crippen LogP contribution is -2.50. The van der Waals surface area contributed by atoms with Gasteiger partial charge in [0.25, 0.3) is 12.0 Å². The van der Waals surface area contributed by atoms with Crippen LogP contribution in [0.2, 0.25) is 0 Å². The van der Waals surface area contributed by atoms with Crippen LogP contribution in [0.4, 0.5) is 22.0 Å². The fourth-order valence-corrected chi connectivity index (χ4v) is 0.440. The van der Waals surface area contributed by atoms with E-state index in [-0.39, 0.29) is 0 Å². The molecule has 12 heavy (non-hydrogen) atoms. The molecule has 0 fully saturated rings. The Balaban J connectivity index is 4.97. The summed E-state index contributed by atoms with van der Waals surface area (Å²) in [7, 11) is 0. The molecule has 0 saturated carbocycles. The van der Waals surface area contributed by atoms with Gasteiger partial charge in [0.2, 0.25) is 0 Å². The van der Waals surface area contributed by atoms with E-state index in [2.05, 4.69) is 0 Å². The molecule has 0 aliphatic carbocycles. The molecule has 0 saturated heterocycles. The topological polar surface area (TPSA) is 20.2 Å². The van der Waals surface area contributed by atoms with Gasteiger partial charge in [0.1, 0.15) is 0 Å². The normalized spacial score (nSPS) is 16.7. The van der Waals surface area contributed by atoms with Crippen molar-refractivity contribution in [3.05, 3.63) is 0 Å². The Kier molecular flexibility index (Phi) is 3.04. The lowest BCUT2D eigenvalue weighted by molar-refractivity contribution is -0.271. The number of hydrogen-bond donors (Lipinski definition) is 1. The molecule has 70 valence electrons. The van der Waals surface area contributed by atoms with Crippen LogP contribution in [0.25, 0.3) is 0 Å². The van der Waals surface area contributed by atoms with Crippen molar-refractivity contribution in [1.29, 1.82) is 0 Å². The van der Waals surface area contributed by atoms with Gasteiger partial charge in [-0.1, -0.05) is 5.92 Å². The van der Waals surface area contributed by atoms with E-state index in [4.69, 9.17) is 5.11 Å². The molecular weight excluding hydrogens is 183 g/mol. The summed E-state index contributed by atoms with van der Waals surface area (Å²) in [4.78, 5) is 0. The maximum atomic E-state index is 11.7. The van der Waals surface area contributed by atoms with E-state index >= 15 is 0 Å². The zero-order valence-corrected chi connectivity index (χ0v) is 5.91. The summed E-state index contributed by atoms with van der Waals surface area (Å²) < 4.78 is 58.5. The molecule has 1 nitrogen and oxygen atoms in total. The summed E-state index contributed by atoms with van der Waals surface area (Å²) in [5.74, 6) is 2.63. The van der Waals surface area contributed by atoms with Crippen molar-refractivity contribution < 1.29 is 27.1 Å². The van der Waals surface area contributed by atoms with Gasteiger partial charge in [-0.05, 0) is 6.92 Å². The van der Waals surface area contributed by atoms with Crippen LogP contribution in [0.3, 0.4) is 0 Å². The Morgan fingerprint density at radius 3 is 1.75 bits per heavy atom. The van der Waals surface area contributed by atoms with Crippen molar-refractivity contribution in [3.63, 3.8) is 0 Å². The standard InChI is InChI=1S/C6H5F5O/c1-2-3-5(12,4(7)8)6(9,10)11/h4,12H,1H3. The van der Waals surface area contributed by atoms with E-state index in [1.807, 2.05) is 0 Å². The van der Waals surface area contributed by atoms with Gasteiger partial charge in [-0.3, -0.25) is 0 Å². The Bertz CT molecular complexity index is 210. The van der Waals surface area contributed by atoms with Gasteiger partial charge in [-0.2, -0.15) is 13.2 Å². The minimum atomic E-state index is -5.44. The Labute approximate surface area is 65.2 Å². The van der Waals surface area contributed by atoms with Gasteiger partial charge in [0.05, 0.1) is 0 Å². The van der Waals surface area contributed by atoms with E-state index in [1.165, 1.54) is 0 Å². The van der Waals surface area contributed by atoms with E-state index in [9.17, 15) is 22.0 Å². The third kappa shape index (κ3) is 1.85. The predicted molar refractivity (Wildman–Crippen MR) is 30.5 cm³/mol. The van der Waals surface area contributed by atoms with Crippen molar-refractivity contribution in [1.82, 2.24) is 0 Å². The first-order chi connectivity index (χ1) is 5.25. The molecule has 0 heterocycles. The summed E-state index contributed by atoms with van der Waals surface area (Å²) in [6.45, 7) is 0.930. The Hall–Kier alpha value is -0.830. The second-order valence-corrected chi connectivity index (χ2v) is 1.94. The summed E-state index contributed by atoms with van der Waals surface area (Å²) in [6.07, 6.45) is -9.41. The third-order valence-electron chi connectivity index (χ3n) is 1.06. The lowest BCUT2D eigenvalue weighted by Gasteiger charge is -2.23.